The van der Waals surface area contributed by atoms with Gasteiger partial charge in [-0.1, -0.05) is 23.7 Å². The van der Waals surface area contributed by atoms with E-state index < -0.39 is 0 Å². The van der Waals surface area contributed by atoms with E-state index in [0.717, 1.165) is 10.4 Å². The van der Waals surface area contributed by atoms with Gasteiger partial charge in [-0.05, 0) is 49.8 Å². The van der Waals surface area contributed by atoms with Crippen molar-refractivity contribution in [3.8, 4) is 0 Å². The molecule has 2 rings (SSSR count). The normalized spacial score (nSPS) is 12.6. The first kappa shape index (κ1) is 14.8. The first-order valence-corrected chi connectivity index (χ1v) is 7.54. The number of aryl methyl sites for hydroxylation is 1. The summed E-state index contributed by atoms with van der Waals surface area (Å²) >= 11 is 7.51. The van der Waals surface area contributed by atoms with Gasteiger partial charge in [0.25, 0.3) is 0 Å². The van der Waals surface area contributed by atoms with Crippen LogP contribution in [-0.2, 0) is 4.79 Å². The number of nitrogens with one attached hydrogen (secondary N) is 1. The van der Waals surface area contributed by atoms with Crippen LogP contribution >= 0.6 is 22.9 Å². The van der Waals surface area contributed by atoms with E-state index in [1.807, 2.05) is 56.3 Å². The Morgan fingerprint density at radius 3 is 2.55 bits per heavy atom. The van der Waals surface area contributed by atoms with E-state index in [4.69, 9.17) is 11.6 Å². The van der Waals surface area contributed by atoms with Crippen LogP contribution in [0.5, 0.6) is 0 Å². The predicted molar refractivity (Wildman–Crippen MR) is 86.1 cm³/mol. The second-order valence-electron chi connectivity index (χ2n) is 4.56. The third-order valence-corrected chi connectivity index (χ3v) is 4.11. The Balaban J connectivity index is 1.94. The number of hydrogen-bond acceptors (Lipinski definition) is 2. The lowest BCUT2D eigenvalue weighted by Crippen LogP contribution is -2.24. The molecular weight excluding hydrogens is 290 g/mol. The fourth-order valence-corrected chi connectivity index (χ4v) is 2.70. The van der Waals surface area contributed by atoms with Crippen molar-refractivity contribution in [2.75, 3.05) is 0 Å². The number of carbonyl (C=O) groups excluding carboxylic acids is 1. The van der Waals surface area contributed by atoms with Crippen molar-refractivity contribution >= 4 is 34.9 Å². The Bertz CT molecular complexity index is 616. The predicted octanol–water partition coefficient (Wildman–Crippen LogP) is 4.60. The molecule has 0 unspecified atom stereocenters. The van der Waals surface area contributed by atoms with Gasteiger partial charge in [-0.2, -0.15) is 0 Å². The van der Waals surface area contributed by atoms with Gasteiger partial charge in [0, 0.05) is 20.9 Å². The molecule has 0 radical (unpaired) electrons. The fourth-order valence-electron chi connectivity index (χ4n) is 1.80. The van der Waals surface area contributed by atoms with Crippen LogP contribution in [0.1, 0.15) is 28.3 Å². The summed E-state index contributed by atoms with van der Waals surface area (Å²) in [7, 11) is 0. The highest BCUT2D eigenvalue weighted by Gasteiger charge is 2.07. The molecule has 4 heteroatoms. The quantitative estimate of drug-likeness (QED) is 0.822. The minimum Gasteiger partial charge on any atom is -0.346 e. The zero-order chi connectivity index (χ0) is 14.5. The van der Waals surface area contributed by atoms with Gasteiger partial charge >= 0.3 is 0 Å². The molecule has 0 saturated heterocycles. The van der Waals surface area contributed by atoms with Crippen molar-refractivity contribution < 1.29 is 4.79 Å². The molecule has 1 N–H and O–H groups in total. The smallest absolute Gasteiger partial charge is 0.244 e. The van der Waals surface area contributed by atoms with E-state index >= 15 is 0 Å². The topological polar surface area (TPSA) is 29.1 Å². The molecule has 0 bridgehead atoms. The van der Waals surface area contributed by atoms with Crippen molar-refractivity contribution in [2.45, 2.75) is 19.9 Å². The molecule has 1 aromatic carbocycles. The van der Waals surface area contributed by atoms with Gasteiger partial charge in [0.1, 0.15) is 0 Å². The maximum atomic E-state index is 11.9. The van der Waals surface area contributed by atoms with E-state index in [9.17, 15) is 4.79 Å². The first-order valence-electron chi connectivity index (χ1n) is 6.35. The third kappa shape index (κ3) is 4.22. The third-order valence-electron chi connectivity index (χ3n) is 2.89. The Kier molecular flexibility index (Phi) is 4.99. The van der Waals surface area contributed by atoms with E-state index in [1.165, 1.54) is 4.88 Å². The molecule has 20 heavy (non-hydrogen) atoms. The second-order valence-corrected chi connectivity index (χ2v) is 6.32. The number of benzene rings is 1. The summed E-state index contributed by atoms with van der Waals surface area (Å²) in [5.41, 5.74) is 1.03. The molecule has 1 amide bonds. The summed E-state index contributed by atoms with van der Waals surface area (Å²) in [6.07, 6.45) is 3.40. The summed E-state index contributed by atoms with van der Waals surface area (Å²) in [5.74, 6) is -0.0986. The molecule has 0 saturated carbocycles. The van der Waals surface area contributed by atoms with Crippen LogP contribution in [0, 0.1) is 6.92 Å². The molecule has 0 aliphatic rings. The molecule has 0 fully saturated rings. The summed E-state index contributed by atoms with van der Waals surface area (Å²) in [6.45, 7) is 3.99. The van der Waals surface area contributed by atoms with Crippen LogP contribution in [0.25, 0.3) is 6.08 Å². The lowest BCUT2D eigenvalue weighted by Gasteiger charge is -2.12. The number of rotatable bonds is 4. The van der Waals surface area contributed by atoms with Gasteiger partial charge in [-0.15, -0.1) is 11.3 Å². The lowest BCUT2D eigenvalue weighted by molar-refractivity contribution is -0.117. The number of halogens is 1. The van der Waals surface area contributed by atoms with Gasteiger partial charge in [-0.3, -0.25) is 4.79 Å². The molecule has 2 aromatic rings. The zero-order valence-electron chi connectivity index (χ0n) is 11.4. The number of amides is 1. The molecule has 1 heterocycles. The average molecular weight is 306 g/mol. The van der Waals surface area contributed by atoms with Crippen LogP contribution in [0.15, 0.2) is 42.5 Å². The first-order chi connectivity index (χ1) is 9.54. The van der Waals surface area contributed by atoms with E-state index in [2.05, 4.69) is 5.32 Å². The molecule has 0 aliphatic carbocycles. The van der Waals surface area contributed by atoms with Crippen LogP contribution in [0.3, 0.4) is 0 Å². The van der Waals surface area contributed by atoms with E-state index in [-0.39, 0.29) is 11.9 Å². The molecule has 0 aliphatic heterocycles. The zero-order valence-corrected chi connectivity index (χ0v) is 13.0. The molecule has 1 aromatic heterocycles. The molecule has 0 spiro atoms. The highest BCUT2D eigenvalue weighted by molar-refractivity contribution is 7.12. The number of hydrogen-bond donors (Lipinski definition) is 1. The largest absolute Gasteiger partial charge is 0.346 e. The van der Waals surface area contributed by atoms with Gasteiger partial charge in [0.15, 0.2) is 0 Å². The van der Waals surface area contributed by atoms with Crippen LogP contribution < -0.4 is 5.32 Å². The molecular formula is C16H16ClNOS. The van der Waals surface area contributed by atoms with Crippen molar-refractivity contribution in [1.29, 1.82) is 0 Å². The van der Waals surface area contributed by atoms with Crippen LogP contribution in [0.4, 0.5) is 0 Å². The molecule has 104 valence electrons. The second kappa shape index (κ2) is 6.73. The number of thiophene rings is 1. The van der Waals surface area contributed by atoms with E-state index in [0.29, 0.717) is 5.02 Å². The van der Waals surface area contributed by atoms with Crippen LogP contribution in [0.2, 0.25) is 5.02 Å². The lowest BCUT2D eigenvalue weighted by atomic mass is 10.1. The molecule has 2 nitrogen and oxygen atoms in total. The Hall–Kier alpha value is -1.58. The van der Waals surface area contributed by atoms with Gasteiger partial charge < -0.3 is 5.32 Å². The maximum Gasteiger partial charge on any atom is 0.244 e. The van der Waals surface area contributed by atoms with Crippen molar-refractivity contribution in [1.82, 2.24) is 5.32 Å². The number of carbonyl (C=O) groups is 1. The molecule has 1 atom stereocenters. The van der Waals surface area contributed by atoms with Crippen molar-refractivity contribution in [3.05, 3.63) is 62.8 Å². The minimum absolute atomic E-state index is 0.0468. The van der Waals surface area contributed by atoms with Gasteiger partial charge in [0.05, 0.1) is 6.04 Å². The minimum atomic E-state index is -0.0986. The highest BCUT2D eigenvalue weighted by Crippen LogP contribution is 2.17. The summed E-state index contributed by atoms with van der Waals surface area (Å²) in [6, 6.07) is 11.5. The highest BCUT2D eigenvalue weighted by atomic mass is 35.5. The monoisotopic (exact) mass is 305 g/mol. The Labute approximate surface area is 128 Å². The van der Waals surface area contributed by atoms with Gasteiger partial charge in [0.2, 0.25) is 5.91 Å². The summed E-state index contributed by atoms with van der Waals surface area (Å²) in [4.78, 5) is 14.2. The van der Waals surface area contributed by atoms with Gasteiger partial charge in [-0.25, -0.2) is 0 Å². The Morgan fingerprint density at radius 2 is 1.95 bits per heavy atom. The van der Waals surface area contributed by atoms with Crippen molar-refractivity contribution in [2.24, 2.45) is 0 Å². The van der Waals surface area contributed by atoms with Crippen molar-refractivity contribution in [3.63, 3.8) is 0 Å². The standard InChI is InChI=1S/C16H16ClNOS/c1-11-3-8-15(20-11)9-10-16(19)18-12(2)13-4-6-14(17)7-5-13/h3-10,12H,1-2H3,(H,18,19)/b10-9+/t12-/m0/s1. The Morgan fingerprint density at radius 1 is 1.25 bits per heavy atom. The summed E-state index contributed by atoms with van der Waals surface area (Å²) < 4.78 is 0. The van der Waals surface area contributed by atoms with Crippen LogP contribution in [-0.4, -0.2) is 5.91 Å². The summed E-state index contributed by atoms with van der Waals surface area (Å²) in [5, 5.41) is 3.62. The fraction of sp³-hybridized carbons (Fsp3) is 0.188. The average Bonchev–Trinajstić information content (AvgIpc) is 2.83. The maximum absolute atomic E-state index is 11.9. The SMILES string of the molecule is Cc1ccc(/C=C/C(=O)N[C@@H](C)c2ccc(Cl)cc2)s1. The van der Waals surface area contributed by atoms with E-state index in [1.54, 1.807) is 17.4 Å².